The first kappa shape index (κ1) is 22.4. The number of ether oxygens (including phenoxy) is 3. The van der Waals surface area contributed by atoms with Crippen LogP contribution in [0.2, 0.25) is 0 Å². The molecule has 0 amide bonds. The van der Waals surface area contributed by atoms with Crippen molar-refractivity contribution in [1.29, 1.82) is 0 Å². The molecule has 0 saturated heterocycles. The van der Waals surface area contributed by atoms with E-state index in [0.717, 1.165) is 54.1 Å². The van der Waals surface area contributed by atoms with E-state index in [1.807, 2.05) is 12.1 Å². The molecular formula is C25H38O3. The Labute approximate surface area is 171 Å². The van der Waals surface area contributed by atoms with Crippen LogP contribution in [0.4, 0.5) is 0 Å². The summed E-state index contributed by atoms with van der Waals surface area (Å²) in [6, 6.07) is 10.3. The molecule has 28 heavy (non-hydrogen) atoms. The molecular weight excluding hydrogens is 348 g/mol. The molecule has 2 rings (SSSR count). The lowest BCUT2D eigenvalue weighted by molar-refractivity contribution is 0.283. The molecule has 0 atom stereocenters. The zero-order valence-corrected chi connectivity index (χ0v) is 18.1. The highest BCUT2D eigenvalue weighted by molar-refractivity contribution is 5.95. The van der Waals surface area contributed by atoms with Gasteiger partial charge in [-0.3, -0.25) is 0 Å². The fourth-order valence-electron chi connectivity index (χ4n) is 3.48. The van der Waals surface area contributed by atoms with Gasteiger partial charge in [0.15, 0.2) is 11.5 Å². The zero-order valence-electron chi connectivity index (χ0n) is 18.1. The zero-order chi connectivity index (χ0) is 20.0. The molecule has 0 bridgehead atoms. The molecule has 0 radical (unpaired) electrons. The predicted molar refractivity (Wildman–Crippen MR) is 119 cm³/mol. The minimum Gasteiger partial charge on any atom is -0.493 e. The van der Waals surface area contributed by atoms with Crippen LogP contribution in [0.1, 0.15) is 78.1 Å². The van der Waals surface area contributed by atoms with Gasteiger partial charge in [-0.15, -0.1) is 0 Å². The normalized spacial score (nSPS) is 11.0. The largest absolute Gasteiger partial charge is 0.493 e. The highest BCUT2D eigenvalue weighted by Crippen LogP contribution is 2.41. The van der Waals surface area contributed by atoms with Crippen molar-refractivity contribution in [3.8, 4) is 17.2 Å². The van der Waals surface area contributed by atoms with Crippen molar-refractivity contribution in [3.05, 3.63) is 30.3 Å². The molecule has 0 spiro atoms. The number of benzene rings is 2. The monoisotopic (exact) mass is 386 g/mol. The number of rotatable bonds is 15. The van der Waals surface area contributed by atoms with Crippen LogP contribution >= 0.6 is 0 Å². The first-order valence-corrected chi connectivity index (χ1v) is 11.2. The molecule has 2 aromatic rings. The van der Waals surface area contributed by atoms with Crippen molar-refractivity contribution in [1.82, 2.24) is 0 Å². The SMILES string of the molecule is CCCCCCCOc1cc(OC)c(OCCCCCCC)c2ccccc12. The first-order valence-electron chi connectivity index (χ1n) is 11.2. The Hall–Kier alpha value is -1.90. The van der Waals surface area contributed by atoms with E-state index in [2.05, 4.69) is 32.0 Å². The lowest BCUT2D eigenvalue weighted by Crippen LogP contribution is -2.03. The summed E-state index contributed by atoms with van der Waals surface area (Å²) in [6.07, 6.45) is 12.3. The van der Waals surface area contributed by atoms with Crippen LogP contribution in [-0.4, -0.2) is 20.3 Å². The molecule has 3 heteroatoms. The maximum atomic E-state index is 6.17. The van der Waals surface area contributed by atoms with Crippen LogP contribution in [0.25, 0.3) is 10.8 Å². The van der Waals surface area contributed by atoms with Crippen molar-refractivity contribution in [2.75, 3.05) is 20.3 Å². The molecule has 0 aliphatic rings. The van der Waals surface area contributed by atoms with Crippen LogP contribution in [-0.2, 0) is 0 Å². The van der Waals surface area contributed by atoms with E-state index in [9.17, 15) is 0 Å². The molecule has 3 nitrogen and oxygen atoms in total. The molecule has 0 fully saturated rings. The Balaban J connectivity index is 2.04. The van der Waals surface area contributed by atoms with Gasteiger partial charge in [0, 0.05) is 16.8 Å². The number of hydrogen-bond donors (Lipinski definition) is 0. The Bertz CT molecular complexity index is 681. The second-order valence-corrected chi connectivity index (χ2v) is 7.48. The topological polar surface area (TPSA) is 27.7 Å². The third-order valence-corrected chi connectivity index (χ3v) is 5.14. The van der Waals surface area contributed by atoms with Crippen molar-refractivity contribution in [2.45, 2.75) is 78.1 Å². The highest BCUT2D eigenvalue weighted by atomic mass is 16.5. The van der Waals surface area contributed by atoms with Crippen LogP contribution in [0.15, 0.2) is 30.3 Å². The summed E-state index contributed by atoms with van der Waals surface area (Å²) in [7, 11) is 1.70. The summed E-state index contributed by atoms with van der Waals surface area (Å²) in [5, 5.41) is 2.16. The van der Waals surface area contributed by atoms with E-state index in [4.69, 9.17) is 14.2 Å². The van der Waals surface area contributed by atoms with E-state index < -0.39 is 0 Å². The van der Waals surface area contributed by atoms with E-state index in [0.29, 0.717) is 0 Å². The molecule has 0 aromatic heterocycles. The highest BCUT2D eigenvalue weighted by Gasteiger charge is 2.15. The van der Waals surface area contributed by atoms with Gasteiger partial charge in [-0.25, -0.2) is 0 Å². The lowest BCUT2D eigenvalue weighted by Gasteiger charge is -2.17. The van der Waals surface area contributed by atoms with Crippen LogP contribution in [0, 0.1) is 0 Å². The summed E-state index contributed by atoms with van der Waals surface area (Å²) in [5.41, 5.74) is 0. The molecule has 0 N–H and O–H groups in total. The summed E-state index contributed by atoms with van der Waals surface area (Å²) < 4.78 is 17.9. The van der Waals surface area contributed by atoms with Gasteiger partial charge in [0.2, 0.25) is 0 Å². The Morgan fingerprint density at radius 2 is 1.21 bits per heavy atom. The minimum absolute atomic E-state index is 0.724. The second kappa shape index (κ2) is 13.3. The third kappa shape index (κ3) is 6.92. The van der Waals surface area contributed by atoms with Crippen molar-refractivity contribution in [2.24, 2.45) is 0 Å². The summed E-state index contributed by atoms with van der Waals surface area (Å²) in [5.74, 6) is 2.48. The smallest absolute Gasteiger partial charge is 0.169 e. The van der Waals surface area contributed by atoms with Gasteiger partial charge in [-0.05, 0) is 12.8 Å². The van der Waals surface area contributed by atoms with Crippen LogP contribution < -0.4 is 14.2 Å². The van der Waals surface area contributed by atoms with Crippen molar-refractivity contribution in [3.63, 3.8) is 0 Å². The fraction of sp³-hybridized carbons (Fsp3) is 0.600. The van der Waals surface area contributed by atoms with Gasteiger partial charge in [0.1, 0.15) is 5.75 Å². The second-order valence-electron chi connectivity index (χ2n) is 7.48. The average molecular weight is 387 g/mol. The summed E-state index contributed by atoms with van der Waals surface area (Å²) in [6.45, 7) is 5.95. The van der Waals surface area contributed by atoms with Gasteiger partial charge < -0.3 is 14.2 Å². The molecule has 156 valence electrons. The van der Waals surface area contributed by atoms with Crippen LogP contribution in [0.3, 0.4) is 0 Å². The third-order valence-electron chi connectivity index (χ3n) is 5.14. The predicted octanol–water partition coefficient (Wildman–Crippen LogP) is 7.55. The van der Waals surface area contributed by atoms with Gasteiger partial charge in [0.25, 0.3) is 0 Å². The Kier molecular flexibility index (Phi) is 10.6. The van der Waals surface area contributed by atoms with Gasteiger partial charge in [0.05, 0.1) is 20.3 Å². The minimum atomic E-state index is 0.724. The van der Waals surface area contributed by atoms with Gasteiger partial charge in [-0.2, -0.15) is 0 Å². The maximum absolute atomic E-state index is 6.17. The molecule has 0 aliphatic heterocycles. The van der Waals surface area contributed by atoms with Gasteiger partial charge >= 0.3 is 0 Å². The average Bonchev–Trinajstić information content (AvgIpc) is 2.73. The quantitative estimate of drug-likeness (QED) is 0.296. The van der Waals surface area contributed by atoms with E-state index in [1.54, 1.807) is 7.11 Å². The van der Waals surface area contributed by atoms with E-state index >= 15 is 0 Å². The molecule has 0 unspecified atom stereocenters. The maximum Gasteiger partial charge on any atom is 0.169 e. The Morgan fingerprint density at radius 1 is 0.643 bits per heavy atom. The standard InChI is InChI=1S/C25H38O3/c1-4-6-8-10-14-18-27-23-20-24(26-3)25(22-17-13-12-16-21(22)23)28-19-15-11-9-7-5-2/h12-13,16-17,20H,4-11,14-15,18-19H2,1-3H3. The molecule has 0 aliphatic carbocycles. The number of methoxy groups -OCH3 is 1. The van der Waals surface area contributed by atoms with E-state index in [-0.39, 0.29) is 0 Å². The van der Waals surface area contributed by atoms with Crippen molar-refractivity contribution < 1.29 is 14.2 Å². The number of fused-ring (bicyclic) bond motifs is 1. The first-order chi connectivity index (χ1) is 13.8. The Morgan fingerprint density at radius 3 is 1.82 bits per heavy atom. The number of unbranched alkanes of at least 4 members (excludes halogenated alkanes) is 8. The molecule has 0 saturated carbocycles. The molecule has 2 aromatic carbocycles. The lowest BCUT2D eigenvalue weighted by atomic mass is 10.1. The van der Waals surface area contributed by atoms with Crippen LogP contribution in [0.5, 0.6) is 17.2 Å². The molecule has 0 heterocycles. The summed E-state index contributed by atoms with van der Waals surface area (Å²) in [4.78, 5) is 0. The fourth-order valence-corrected chi connectivity index (χ4v) is 3.48. The summed E-state index contributed by atoms with van der Waals surface area (Å²) >= 11 is 0. The number of hydrogen-bond acceptors (Lipinski definition) is 3. The van der Waals surface area contributed by atoms with Gasteiger partial charge in [-0.1, -0.05) is 89.5 Å². The van der Waals surface area contributed by atoms with E-state index in [1.165, 1.54) is 51.4 Å². The van der Waals surface area contributed by atoms with Crippen molar-refractivity contribution >= 4 is 10.8 Å².